The Morgan fingerprint density at radius 3 is 2.35 bits per heavy atom. The number of aryl methyl sites for hydroxylation is 3. The first-order chi connectivity index (χ1) is 9.47. The summed E-state index contributed by atoms with van der Waals surface area (Å²) in [4.78, 5) is 0. The number of nitrogens with one attached hydrogen (secondary N) is 1. The molecule has 2 aromatic rings. The van der Waals surface area contributed by atoms with E-state index in [2.05, 4.69) is 57.2 Å². The predicted octanol–water partition coefficient (Wildman–Crippen LogP) is 4.01. The Kier molecular flexibility index (Phi) is 4.61. The highest BCUT2D eigenvalue weighted by Crippen LogP contribution is 2.28. The first-order valence-corrected chi connectivity index (χ1v) is 7.22. The molecule has 0 unspecified atom stereocenters. The van der Waals surface area contributed by atoms with Crippen molar-refractivity contribution in [2.75, 3.05) is 6.54 Å². The third kappa shape index (κ3) is 3.48. The smallest absolute Gasteiger partial charge is 0.167 e. The van der Waals surface area contributed by atoms with Crippen molar-refractivity contribution in [2.24, 2.45) is 5.92 Å². The van der Waals surface area contributed by atoms with Gasteiger partial charge in [-0.1, -0.05) is 36.7 Å². The summed E-state index contributed by atoms with van der Waals surface area (Å²) < 4.78 is 5.52. The summed E-state index contributed by atoms with van der Waals surface area (Å²) in [5.74, 6) is 1.50. The summed E-state index contributed by atoms with van der Waals surface area (Å²) >= 11 is 0. The van der Waals surface area contributed by atoms with Crippen LogP contribution in [0.5, 0.6) is 0 Å². The molecule has 3 nitrogen and oxygen atoms in total. The van der Waals surface area contributed by atoms with Crippen LogP contribution in [-0.2, 0) is 6.54 Å². The Morgan fingerprint density at radius 2 is 1.75 bits per heavy atom. The number of benzene rings is 1. The molecule has 1 aromatic heterocycles. The van der Waals surface area contributed by atoms with Gasteiger partial charge in [-0.05, 0) is 44.4 Å². The maximum atomic E-state index is 5.52. The Hall–Kier alpha value is -1.61. The molecular formula is C17H24N2O. The zero-order valence-corrected chi connectivity index (χ0v) is 13.1. The van der Waals surface area contributed by atoms with E-state index >= 15 is 0 Å². The van der Waals surface area contributed by atoms with E-state index in [4.69, 9.17) is 4.52 Å². The Bertz CT molecular complexity index is 561. The SMILES string of the molecule is Cc1cc(C)c(-c2cc(CNCC(C)C)no2)c(C)c1. The summed E-state index contributed by atoms with van der Waals surface area (Å²) in [6.45, 7) is 12.5. The lowest BCUT2D eigenvalue weighted by atomic mass is 9.98. The van der Waals surface area contributed by atoms with Crippen LogP contribution in [0.15, 0.2) is 22.7 Å². The van der Waals surface area contributed by atoms with E-state index in [0.717, 1.165) is 24.5 Å². The number of rotatable bonds is 5. The van der Waals surface area contributed by atoms with E-state index in [1.165, 1.54) is 22.3 Å². The van der Waals surface area contributed by atoms with Gasteiger partial charge in [-0.25, -0.2) is 0 Å². The van der Waals surface area contributed by atoms with E-state index in [1.54, 1.807) is 0 Å². The van der Waals surface area contributed by atoms with Crippen molar-refractivity contribution in [3.8, 4) is 11.3 Å². The van der Waals surface area contributed by atoms with Gasteiger partial charge in [0.1, 0.15) is 0 Å². The van der Waals surface area contributed by atoms with Gasteiger partial charge in [0, 0.05) is 18.2 Å². The van der Waals surface area contributed by atoms with Gasteiger partial charge in [0.2, 0.25) is 0 Å². The van der Waals surface area contributed by atoms with Crippen LogP contribution in [-0.4, -0.2) is 11.7 Å². The second kappa shape index (κ2) is 6.23. The molecular weight excluding hydrogens is 248 g/mol. The van der Waals surface area contributed by atoms with Crippen LogP contribution in [0.2, 0.25) is 0 Å². The minimum Gasteiger partial charge on any atom is -0.356 e. The lowest BCUT2D eigenvalue weighted by molar-refractivity contribution is 0.417. The van der Waals surface area contributed by atoms with Crippen molar-refractivity contribution < 1.29 is 4.52 Å². The van der Waals surface area contributed by atoms with Crippen molar-refractivity contribution in [3.63, 3.8) is 0 Å². The van der Waals surface area contributed by atoms with Crippen molar-refractivity contribution in [3.05, 3.63) is 40.6 Å². The van der Waals surface area contributed by atoms with E-state index in [9.17, 15) is 0 Å². The molecule has 108 valence electrons. The van der Waals surface area contributed by atoms with Crippen molar-refractivity contribution in [2.45, 2.75) is 41.2 Å². The zero-order valence-electron chi connectivity index (χ0n) is 13.1. The van der Waals surface area contributed by atoms with Crippen molar-refractivity contribution in [1.29, 1.82) is 0 Å². The van der Waals surface area contributed by atoms with Gasteiger partial charge in [-0.3, -0.25) is 0 Å². The van der Waals surface area contributed by atoms with E-state index < -0.39 is 0 Å². The lowest BCUT2D eigenvalue weighted by Crippen LogP contribution is -2.18. The summed E-state index contributed by atoms with van der Waals surface area (Å²) in [6.07, 6.45) is 0. The molecule has 0 aliphatic rings. The summed E-state index contributed by atoms with van der Waals surface area (Å²) in [7, 11) is 0. The summed E-state index contributed by atoms with van der Waals surface area (Å²) in [5, 5.41) is 7.54. The van der Waals surface area contributed by atoms with Gasteiger partial charge in [-0.2, -0.15) is 0 Å². The highest BCUT2D eigenvalue weighted by molar-refractivity contribution is 5.66. The topological polar surface area (TPSA) is 38.1 Å². The minimum absolute atomic E-state index is 0.642. The van der Waals surface area contributed by atoms with Crippen LogP contribution in [0.1, 0.15) is 36.2 Å². The Labute approximate surface area is 121 Å². The quantitative estimate of drug-likeness (QED) is 0.893. The molecule has 1 N–H and O–H groups in total. The molecule has 0 saturated heterocycles. The standard InChI is InChI=1S/C17H24N2O/c1-11(2)9-18-10-15-8-16(20-19-15)17-13(4)6-12(3)7-14(17)5/h6-8,11,18H,9-10H2,1-5H3. The molecule has 0 radical (unpaired) electrons. The third-order valence-corrected chi connectivity index (χ3v) is 3.34. The molecule has 2 rings (SSSR count). The van der Waals surface area contributed by atoms with Crippen LogP contribution in [0, 0.1) is 26.7 Å². The van der Waals surface area contributed by atoms with Gasteiger partial charge < -0.3 is 9.84 Å². The van der Waals surface area contributed by atoms with Crippen molar-refractivity contribution in [1.82, 2.24) is 10.5 Å². The molecule has 20 heavy (non-hydrogen) atoms. The molecule has 0 amide bonds. The van der Waals surface area contributed by atoms with Crippen LogP contribution in [0.25, 0.3) is 11.3 Å². The molecule has 1 heterocycles. The van der Waals surface area contributed by atoms with Gasteiger partial charge in [0.25, 0.3) is 0 Å². The lowest BCUT2D eigenvalue weighted by Gasteiger charge is -2.07. The second-order valence-electron chi connectivity index (χ2n) is 5.98. The molecule has 0 aliphatic heterocycles. The highest BCUT2D eigenvalue weighted by Gasteiger charge is 2.12. The molecule has 0 fully saturated rings. The molecule has 3 heteroatoms. The number of aromatic nitrogens is 1. The van der Waals surface area contributed by atoms with Gasteiger partial charge in [0.05, 0.1) is 5.69 Å². The first-order valence-electron chi connectivity index (χ1n) is 7.22. The minimum atomic E-state index is 0.642. The summed E-state index contributed by atoms with van der Waals surface area (Å²) in [6, 6.07) is 6.40. The number of nitrogens with zero attached hydrogens (tertiary/aromatic N) is 1. The second-order valence-corrected chi connectivity index (χ2v) is 5.98. The highest BCUT2D eigenvalue weighted by atomic mass is 16.5. The molecule has 0 spiro atoms. The Morgan fingerprint density at radius 1 is 1.10 bits per heavy atom. The number of hydrogen-bond donors (Lipinski definition) is 1. The first kappa shape index (κ1) is 14.8. The summed E-state index contributed by atoms with van der Waals surface area (Å²) in [5.41, 5.74) is 5.88. The van der Waals surface area contributed by atoms with Crippen LogP contribution in [0.4, 0.5) is 0 Å². The molecule has 0 bridgehead atoms. The third-order valence-electron chi connectivity index (χ3n) is 3.34. The molecule has 0 aliphatic carbocycles. The zero-order chi connectivity index (χ0) is 14.7. The van der Waals surface area contributed by atoms with Crippen molar-refractivity contribution >= 4 is 0 Å². The van der Waals surface area contributed by atoms with E-state index in [-0.39, 0.29) is 0 Å². The number of hydrogen-bond acceptors (Lipinski definition) is 3. The van der Waals surface area contributed by atoms with Gasteiger partial charge >= 0.3 is 0 Å². The van der Waals surface area contributed by atoms with Crippen LogP contribution in [0.3, 0.4) is 0 Å². The van der Waals surface area contributed by atoms with Gasteiger partial charge in [0.15, 0.2) is 5.76 Å². The monoisotopic (exact) mass is 272 g/mol. The average molecular weight is 272 g/mol. The Balaban J connectivity index is 2.17. The van der Waals surface area contributed by atoms with Crippen LogP contribution >= 0.6 is 0 Å². The molecule has 0 atom stereocenters. The fraction of sp³-hybridized carbons (Fsp3) is 0.471. The maximum absolute atomic E-state index is 5.52. The maximum Gasteiger partial charge on any atom is 0.167 e. The fourth-order valence-electron chi connectivity index (χ4n) is 2.57. The predicted molar refractivity (Wildman–Crippen MR) is 82.7 cm³/mol. The fourth-order valence-corrected chi connectivity index (χ4v) is 2.57. The molecule has 0 saturated carbocycles. The van der Waals surface area contributed by atoms with E-state index in [1.807, 2.05) is 6.07 Å². The normalized spacial score (nSPS) is 11.3. The van der Waals surface area contributed by atoms with Gasteiger partial charge in [-0.15, -0.1) is 0 Å². The van der Waals surface area contributed by atoms with E-state index in [0.29, 0.717) is 5.92 Å². The largest absolute Gasteiger partial charge is 0.356 e. The average Bonchev–Trinajstić information content (AvgIpc) is 2.75. The van der Waals surface area contributed by atoms with Crippen LogP contribution < -0.4 is 5.32 Å². The molecule has 1 aromatic carbocycles.